The predicted molar refractivity (Wildman–Crippen MR) is 125 cm³/mol. The van der Waals surface area contributed by atoms with Crippen molar-refractivity contribution >= 4 is 45.2 Å². The largest absolute Gasteiger partial charge is 0.344 e. The second-order valence-corrected chi connectivity index (χ2v) is 9.71. The molecule has 4 amide bonds. The number of hydrogen-bond acceptors (Lipinski definition) is 5. The Hall–Kier alpha value is -3.89. The maximum absolute atomic E-state index is 13.0. The molecule has 174 valence electrons. The van der Waals surface area contributed by atoms with Crippen LogP contribution in [0, 0.1) is 0 Å². The van der Waals surface area contributed by atoms with Crippen molar-refractivity contribution in [2.24, 2.45) is 0 Å². The Morgan fingerprint density at radius 2 is 1.65 bits per heavy atom. The Morgan fingerprint density at radius 3 is 2.35 bits per heavy atom. The molecule has 0 radical (unpaired) electrons. The van der Waals surface area contributed by atoms with E-state index in [4.69, 9.17) is 11.6 Å². The van der Waals surface area contributed by atoms with Crippen LogP contribution in [0.15, 0.2) is 83.8 Å². The smallest absolute Gasteiger partial charge is 0.318 e. The molecular formula is C23H19ClN4O5S. The van der Waals surface area contributed by atoms with Gasteiger partial charge in [-0.3, -0.25) is 19.7 Å². The lowest BCUT2D eigenvalue weighted by atomic mass is 9.92. The predicted octanol–water partition coefficient (Wildman–Crippen LogP) is 3.25. The van der Waals surface area contributed by atoms with Crippen LogP contribution in [0.2, 0.25) is 5.02 Å². The molecule has 1 fully saturated rings. The van der Waals surface area contributed by atoms with E-state index in [9.17, 15) is 22.8 Å². The number of urea groups is 1. The maximum atomic E-state index is 13.0. The molecule has 3 N–H and O–H groups in total. The number of rotatable bonds is 6. The number of carbonyl (C=O) groups is 3. The van der Waals surface area contributed by atoms with Crippen LogP contribution >= 0.6 is 11.6 Å². The van der Waals surface area contributed by atoms with Gasteiger partial charge in [0.25, 0.3) is 21.8 Å². The summed E-state index contributed by atoms with van der Waals surface area (Å²) in [5.74, 6) is -1.52. The number of hydrazine groups is 1. The van der Waals surface area contributed by atoms with E-state index >= 15 is 0 Å². The number of imide groups is 1. The fourth-order valence-electron chi connectivity index (χ4n) is 3.43. The van der Waals surface area contributed by atoms with Crippen molar-refractivity contribution in [2.45, 2.75) is 17.4 Å². The molecule has 1 atom stereocenters. The van der Waals surface area contributed by atoms with E-state index in [1.165, 1.54) is 37.3 Å². The van der Waals surface area contributed by atoms with E-state index in [0.29, 0.717) is 10.6 Å². The first kappa shape index (κ1) is 23.3. The lowest BCUT2D eigenvalue weighted by Gasteiger charge is -2.22. The van der Waals surface area contributed by atoms with Crippen LogP contribution in [0.25, 0.3) is 0 Å². The fraction of sp³-hybridized carbons (Fsp3) is 0.0870. The van der Waals surface area contributed by atoms with Gasteiger partial charge in [-0.2, -0.15) is 5.01 Å². The molecule has 1 saturated heterocycles. The minimum absolute atomic E-state index is 0.0732. The third kappa shape index (κ3) is 4.33. The van der Waals surface area contributed by atoms with Gasteiger partial charge in [-0.05, 0) is 42.8 Å². The second kappa shape index (κ2) is 8.81. The van der Waals surface area contributed by atoms with Crippen LogP contribution in [0.4, 0.5) is 10.5 Å². The molecule has 34 heavy (non-hydrogen) atoms. The molecule has 0 bridgehead atoms. The number of para-hydroxylation sites is 1. The summed E-state index contributed by atoms with van der Waals surface area (Å²) < 4.78 is 27.9. The molecule has 0 aliphatic carbocycles. The Kier molecular flexibility index (Phi) is 6.03. The number of anilines is 1. The molecule has 1 heterocycles. The standard InChI is InChI=1S/C23H19ClN4O5S/c1-23(16-9-3-2-4-10-16)21(30)28(22(31)25-23)26-20(29)15-8-7-11-17(14-15)34(32,33)27-19-13-6-5-12-18(19)24/h2-14,27H,1H3,(H,25,31)(H,26,29). The summed E-state index contributed by atoms with van der Waals surface area (Å²) in [4.78, 5) is 38.0. The molecule has 1 aliphatic heterocycles. The average molecular weight is 499 g/mol. The van der Waals surface area contributed by atoms with Crippen molar-refractivity contribution in [2.75, 3.05) is 4.72 Å². The van der Waals surface area contributed by atoms with Crippen LogP contribution < -0.4 is 15.5 Å². The summed E-state index contributed by atoms with van der Waals surface area (Å²) in [7, 11) is -4.07. The molecule has 0 spiro atoms. The van der Waals surface area contributed by atoms with E-state index in [-0.39, 0.29) is 21.2 Å². The van der Waals surface area contributed by atoms with Gasteiger partial charge in [-0.1, -0.05) is 60.1 Å². The lowest BCUT2D eigenvalue weighted by molar-refractivity contribution is -0.132. The first-order chi connectivity index (χ1) is 16.1. The molecule has 3 aromatic rings. The number of hydrogen-bond donors (Lipinski definition) is 3. The highest BCUT2D eigenvalue weighted by molar-refractivity contribution is 7.92. The highest BCUT2D eigenvalue weighted by atomic mass is 35.5. The van der Waals surface area contributed by atoms with Crippen molar-refractivity contribution in [3.05, 3.63) is 95.0 Å². The lowest BCUT2D eigenvalue weighted by Crippen LogP contribution is -2.47. The zero-order valence-electron chi connectivity index (χ0n) is 17.8. The van der Waals surface area contributed by atoms with Gasteiger partial charge >= 0.3 is 6.03 Å². The Morgan fingerprint density at radius 1 is 0.971 bits per heavy atom. The Bertz CT molecular complexity index is 1400. The zero-order chi connectivity index (χ0) is 24.5. The van der Waals surface area contributed by atoms with Gasteiger partial charge in [0.15, 0.2) is 0 Å². The maximum Gasteiger partial charge on any atom is 0.344 e. The first-order valence-corrected chi connectivity index (χ1v) is 11.9. The number of nitrogens with one attached hydrogen (secondary N) is 3. The minimum atomic E-state index is -4.07. The summed E-state index contributed by atoms with van der Waals surface area (Å²) >= 11 is 6.02. The van der Waals surface area contributed by atoms with Crippen LogP contribution in [0.1, 0.15) is 22.8 Å². The summed E-state index contributed by atoms with van der Waals surface area (Å²) in [6, 6.07) is 19.3. The summed E-state index contributed by atoms with van der Waals surface area (Å²) in [6.07, 6.45) is 0. The van der Waals surface area contributed by atoms with Crippen molar-refractivity contribution in [3.63, 3.8) is 0 Å². The van der Waals surface area contributed by atoms with Gasteiger partial charge < -0.3 is 5.32 Å². The molecule has 1 aliphatic rings. The SMILES string of the molecule is CC1(c2ccccc2)NC(=O)N(NC(=O)c2cccc(S(=O)(=O)Nc3ccccc3Cl)c2)C1=O. The van der Waals surface area contributed by atoms with Crippen LogP contribution in [-0.4, -0.2) is 31.3 Å². The van der Waals surface area contributed by atoms with E-state index < -0.39 is 33.4 Å². The first-order valence-electron chi connectivity index (χ1n) is 10.0. The molecular weight excluding hydrogens is 480 g/mol. The molecule has 3 aromatic carbocycles. The number of amides is 4. The molecule has 0 aromatic heterocycles. The molecule has 4 rings (SSSR count). The normalized spacial score (nSPS) is 17.9. The van der Waals surface area contributed by atoms with E-state index in [2.05, 4.69) is 15.5 Å². The van der Waals surface area contributed by atoms with Gasteiger partial charge in [0.2, 0.25) is 0 Å². The topological polar surface area (TPSA) is 125 Å². The Balaban J connectivity index is 1.54. The van der Waals surface area contributed by atoms with E-state index in [0.717, 1.165) is 6.07 Å². The van der Waals surface area contributed by atoms with Gasteiger partial charge in [0.1, 0.15) is 5.54 Å². The third-order valence-corrected chi connectivity index (χ3v) is 6.97. The highest BCUT2D eigenvalue weighted by Crippen LogP contribution is 2.28. The fourth-order valence-corrected chi connectivity index (χ4v) is 4.79. The van der Waals surface area contributed by atoms with Gasteiger partial charge in [0.05, 0.1) is 15.6 Å². The highest BCUT2D eigenvalue weighted by Gasteiger charge is 2.50. The molecule has 9 nitrogen and oxygen atoms in total. The van der Waals surface area contributed by atoms with Crippen LogP contribution in [0.5, 0.6) is 0 Å². The van der Waals surface area contributed by atoms with Crippen molar-refractivity contribution in [1.82, 2.24) is 15.8 Å². The van der Waals surface area contributed by atoms with Crippen molar-refractivity contribution in [3.8, 4) is 0 Å². The third-order valence-electron chi connectivity index (χ3n) is 5.28. The van der Waals surface area contributed by atoms with Crippen molar-refractivity contribution in [1.29, 1.82) is 0 Å². The minimum Gasteiger partial charge on any atom is -0.318 e. The molecule has 0 saturated carbocycles. The van der Waals surface area contributed by atoms with Crippen LogP contribution in [0.3, 0.4) is 0 Å². The second-order valence-electron chi connectivity index (χ2n) is 7.62. The van der Waals surface area contributed by atoms with E-state index in [1.54, 1.807) is 42.5 Å². The summed E-state index contributed by atoms with van der Waals surface area (Å²) in [5, 5.41) is 3.37. The van der Waals surface area contributed by atoms with Crippen LogP contribution in [-0.2, 0) is 20.4 Å². The van der Waals surface area contributed by atoms with Gasteiger partial charge in [-0.25, -0.2) is 13.2 Å². The quantitative estimate of drug-likeness (QED) is 0.450. The Labute approximate surface area is 200 Å². The molecule has 1 unspecified atom stereocenters. The van der Waals surface area contributed by atoms with Gasteiger partial charge in [0, 0.05) is 5.56 Å². The van der Waals surface area contributed by atoms with Crippen molar-refractivity contribution < 1.29 is 22.8 Å². The number of sulfonamides is 1. The number of carbonyl (C=O) groups excluding carboxylic acids is 3. The monoisotopic (exact) mass is 498 g/mol. The molecule has 11 heteroatoms. The number of halogens is 1. The van der Waals surface area contributed by atoms with Gasteiger partial charge in [-0.15, -0.1) is 0 Å². The average Bonchev–Trinajstić information content (AvgIpc) is 3.05. The van der Waals surface area contributed by atoms with E-state index in [1.807, 2.05) is 0 Å². The summed E-state index contributed by atoms with van der Waals surface area (Å²) in [5.41, 5.74) is 1.54. The summed E-state index contributed by atoms with van der Waals surface area (Å²) in [6.45, 7) is 1.53. The zero-order valence-corrected chi connectivity index (χ0v) is 19.4. The number of benzene rings is 3. The number of nitrogens with zero attached hydrogens (tertiary/aromatic N) is 1.